The van der Waals surface area contributed by atoms with Gasteiger partial charge in [-0.1, -0.05) is 34.1 Å². The summed E-state index contributed by atoms with van der Waals surface area (Å²) in [7, 11) is 0. The average molecular weight is 229 g/mol. The Labute approximate surface area is 79.3 Å². The lowest BCUT2D eigenvalue weighted by atomic mass is 10.0. The van der Waals surface area contributed by atoms with Gasteiger partial charge in [0.1, 0.15) is 0 Å². The van der Waals surface area contributed by atoms with E-state index in [0.29, 0.717) is 0 Å². The topological polar surface area (TPSA) is 37.3 Å². The summed E-state index contributed by atoms with van der Waals surface area (Å²) in [5.74, 6) is -1.26. The second-order valence-corrected chi connectivity index (χ2v) is 3.44. The molecule has 0 spiro atoms. The lowest BCUT2D eigenvalue weighted by Gasteiger charge is -2.07. The maximum Gasteiger partial charge on any atom is 0.310 e. The number of hydrogen-bond donors (Lipinski definition) is 1. The highest BCUT2D eigenvalue weighted by Gasteiger charge is 2.15. The van der Waals surface area contributed by atoms with E-state index in [-0.39, 0.29) is 0 Å². The van der Waals surface area contributed by atoms with E-state index in [4.69, 9.17) is 5.11 Å². The van der Waals surface area contributed by atoms with Gasteiger partial charge in [0.15, 0.2) is 0 Å². The Morgan fingerprint density at radius 3 is 2.58 bits per heavy atom. The van der Waals surface area contributed by atoms with E-state index in [1.54, 1.807) is 6.92 Å². The van der Waals surface area contributed by atoms with Gasteiger partial charge in [0.2, 0.25) is 0 Å². The average Bonchev–Trinajstić information content (AvgIpc) is 2.04. The fraction of sp³-hybridized carbons (Fsp3) is 0.222. The third-order valence-electron chi connectivity index (χ3n) is 1.74. The van der Waals surface area contributed by atoms with Crippen LogP contribution in [0.2, 0.25) is 0 Å². The van der Waals surface area contributed by atoms with Gasteiger partial charge in [-0.25, -0.2) is 0 Å². The number of benzene rings is 1. The summed E-state index contributed by atoms with van der Waals surface area (Å²) in [5.41, 5.74) is 0.810. The highest BCUT2D eigenvalue weighted by atomic mass is 79.9. The van der Waals surface area contributed by atoms with Crippen molar-refractivity contribution in [3.63, 3.8) is 0 Å². The van der Waals surface area contributed by atoms with Gasteiger partial charge in [-0.05, 0) is 18.6 Å². The molecular formula is C9H9BrO2. The van der Waals surface area contributed by atoms with Crippen LogP contribution < -0.4 is 0 Å². The van der Waals surface area contributed by atoms with Crippen LogP contribution >= 0.6 is 15.9 Å². The van der Waals surface area contributed by atoms with Gasteiger partial charge < -0.3 is 5.11 Å². The number of hydrogen-bond acceptors (Lipinski definition) is 1. The smallest absolute Gasteiger partial charge is 0.310 e. The largest absolute Gasteiger partial charge is 0.481 e. The molecule has 1 N–H and O–H groups in total. The first-order chi connectivity index (χ1) is 5.63. The molecule has 1 rings (SSSR count). The zero-order valence-electron chi connectivity index (χ0n) is 6.62. The molecule has 1 aromatic rings. The van der Waals surface area contributed by atoms with Crippen LogP contribution in [0.5, 0.6) is 0 Å². The number of carbonyl (C=O) groups is 1. The molecule has 2 nitrogen and oxygen atoms in total. The van der Waals surface area contributed by atoms with E-state index in [2.05, 4.69) is 15.9 Å². The zero-order valence-corrected chi connectivity index (χ0v) is 8.21. The normalized spacial score (nSPS) is 12.5. The molecule has 0 saturated heterocycles. The molecule has 12 heavy (non-hydrogen) atoms. The lowest BCUT2D eigenvalue weighted by Crippen LogP contribution is -2.07. The molecule has 0 aliphatic heterocycles. The quantitative estimate of drug-likeness (QED) is 0.846. The van der Waals surface area contributed by atoms with Gasteiger partial charge in [0.25, 0.3) is 0 Å². The van der Waals surface area contributed by atoms with Crippen molar-refractivity contribution in [2.45, 2.75) is 12.8 Å². The first-order valence-electron chi connectivity index (χ1n) is 3.60. The predicted octanol–water partition coefficient (Wildman–Crippen LogP) is 2.64. The summed E-state index contributed by atoms with van der Waals surface area (Å²) in [6.45, 7) is 1.67. The molecule has 64 valence electrons. The standard InChI is InChI=1S/C9H9BrO2/c1-6(9(11)12)7-4-2-3-5-8(7)10/h2-6H,1H3,(H,11,12)/t6-/m0/s1. The summed E-state index contributed by atoms with van der Waals surface area (Å²) in [6, 6.07) is 7.35. The Morgan fingerprint density at radius 1 is 1.50 bits per heavy atom. The van der Waals surface area contributed by atoms with E-state index in [9.17, 15) is 4.79 Å². The number of carboxylic acid groups (broad SMARTS) is 1. The minimum Gasteiger partial charge on any atom is -0.481 e. The highest BCUT2D eigenvalue weighted by molar-refractivity contribution is 9.10. The van der Waals surface area contributed by atoms with Crippen molar-refractivity contribution in [1.29, 1.82) is 0 Å². The first kappa shape index (κ1) is 9.26. The fourth-order valence-corrected chi connectivity index (χ4v) is 1.59. The first-order valence-corrected chi connectivity index (χ1v) is 4.39. The maximum absolute atomic E-state index is 10.6. The molecule has 3 heteroatoms. The Hall–Kier alpha value is -0.830. The molecule has 1 aromatic carbocycles. The lowest BCUT2D eigenvalue weighted by molar-refractivity contribution is -0.138. The molecule has 0 aliphatic rings. The Balaban J connectivity index is 3.02. The van der Waals surface area contributed by atoms with Crippen molar-refractivity contribution in [2.75, 3.05) is 0 Å². The van der Waals surface area contributed by atoms with Crippen LogP contribution in [-0.4, -0.2) is 11.1 Å². The van der Waals surface area contributed by atoms with Crippen molar-refractivity contribution >= 4 is 21.9 Å². The van der Waals surface area contributed by atoms with Crippen molar-refractivity contribution in [3.8, 4) is 0 Å². The fourth-order valence-electron chi connectivity index (χ4n) is 0.959. The van der Waals surface area contributed by atoms with Gasteiger partial charge in [-0.3, -0.25) is 4.79 Å². The molecule has 0 amide bonds. The summed E-state index contributed by atoms with van der Waals surface area (Å²) in [6.07, 6.45) is 0. The molecule has 0 radical (unpaired) electrons. The Bertz CT molecular complexity index is 296. The zero-order chi connectivity index (χ0) is 9.14. The molecule has 0 aliphatic carbocycles. The molecule has 0 saturated carbocycles. The van der Waals surface area contributed by atoms with Crippen LogP contribution in [0.25, 0.3) is 0 Å². The molecule has 0 fully saturated rings. The van der Waals surface area contributed by atoms with E-state index < -0.39 is 11.9 Å². The Kier molecular flexibility index (Phi) is 2.87. The minimum atomic E-state index is -0.804. The van der Waals surface area contributed by atoms with E-state index >= 15 is 0 Å². The molecule has 0 aromatic heterocycles. The van der Waals surface area contributed by atoms with E-state index in [0.717, 1.165) is 10.0 Å². The SMILES string of the molecule is C[C@H](C(=O)O)c1ccccc1Br. The summed E-state index contributed by atoms with van der Waals surface area (Å²) in [5, 5.41) is 8.74. The van der Waals surface area contributed by atoms with Crippen LogP contribution in [0.15, 0.2) is 28.7 Å². The second kappa shape index (κ2) is 3.72. The van der Waals surface area contributed by atoms with Crippen molar-refractivity contribution < 1.29 is 9.90 Å². The van der Waals surface area contributed by atoms with Gasteiger partial charge in [-0.15, -0.1) is 0 Å². The number of aliphatic carboxylic acids is 1. The molecule has 0 heterocycles. The van der Waals surface area contributed by atoms with Crippen LogP contribution in [0.3, 0.4) is 0 Å². The van der Waals surface area contributed by atoms with Gasteiger partial charge in [0, 0.05) is 4.47 Å². The number of halogens is 1. The molecule has 1 atom stereocenters. The number of carboxylic acids is 1. The summed E-state index contributed by atoms with van der Waals surface area (Å²) < 4.78 is 0.847. The highest BCUT2D eigenvalue weighted by Crippen LogP contribution is 2.24. The van der Waals surface area contributed by atoms with E-state index in [1.165, 1.54) is 0 Å². The van der Waals surface area contributed by atoms with Crippen molar-refractivity contribution in [1.82, 2.24) is 0 Å². The van der Waals surface area contributed by atoms with Crippen molar-refractivity contribution in [2.24, 2.45) is 0 Å². The van der Waals surface area contributed by atoms with Crippen LogP contribution in [-0.2, 0) is 4.79 Å². The van der Waals surface area contributed by atoms with Crippen LogP contribution in [0.1, 0.15) is 18.4 Å². The third-order valence-corrected chi connectivity index (χ3v) is 2.46. The van der Waals surface area contributed by atoms with Crippen molar-refractivity contribution in [3.05, 3.63) is 34.3 Å². The van der Waals surface area contributed by atoms with Crippen LogP contribution in [0, 0.1) is 0 Å². The number of rotatable bonds is 2. The molecule has 0 bridgehead atoms. The predicted molar refractivity (Wildman–Crippen MR) is 50.2 cm³/mol. The maximum atomic E-state index is 10.6. The van der Waals surface area contributed by atoms with Gasteiger partial charge >= 0.3 is 5.97 Å². The summed E-state index contributed by atoms with van der Waals surface area (Å²) >= 11 is 3.30. The summed E-state index contributed by atoms with van der Waals surface area (Å²) in [4.78, 5) is 10.6. The Morgan fingerprint density at radius 2 is 2.08 bits per heavy atom. The second-order valence-electron chi connectivity index (χ2n) is 2.58. The van der Waals surface area contributed by atoms with Crippen LogP contribution in [0.4, 0.5) is 0 Å². The minimum absolute atomic E-state index is 0.458. The van der Waals surface area contributed by atoms with E-state index in [1.807, 2.05) is 24.3 Å². The van der Waals surface area contributed by atoms with Gasteiger partial charge in [0.05, 0.1) is 5.92 Å². The monoisotopic (exact) mass is 228 g/mol. The van der Waals surface area contributed by atoms with Gasteiger partial charge in [-0.2, -0.15) is 0 Å². The molecular weight excluding hydrogens is 220 g/mol. The third kappa shape index (κ3) is 1.85. The molecule has 0 unspecified atom stereocenters.